The Labute approximate surface area is 192 Å². The van der Waals surface area contributed by atoms with Gasteiger partial charge >= 0.3 is 17.8 Å². The number of thioether (sulfide) groups is 1. The third-order valence-corrected chi connectivity index (χ3v) is 7.12. The summed E-state index contributed by atoms with van der Waals surface area (Å²) in [4.78, 5) is 26.1. The van der Waals surface area contributed by atoms with Gasteiger partial charge in [-0.3, -0.25) is 0 Å². The van der Waals surface area contributed by atoms with Crippen LogP contribution in [-0.2, 0) is 34.3 Å². The van der Waals surface area contributed by atoms with Gasteiger partial charge in [-0.25, -0.2) is 14.5 Å². The summed E-state index contributed by atoms with van der Waals surface area (Å²) in [5.74, 6) is -2.72. The molecule has 31 heavy (non-hydrogen) atoms. The lowest BCUT2D eigenvalue weighted by atomic mass is 10.0. The summed E-state index contributed by atoms with van der Waals surface area (Å²) in [7, 11) is 1.60. The van der Waals surface area contributed by atoms with Gasteiger partial charge in [-0.15, -0.1) is 0 Å². The number of unbranched alkanes of at least 4 members (excludes halogenated alkanes) is 2. The van der Waals surface area contributed by atoms with Crippen molar-refractivity contribution in [3.05, 3.63) is 34.9 Å². The predicted molar refractivity (Wildman–Crippen MR) is 119 cm³/mol. The zero-order valence-corrected chi connectivity index (χ0v) is 19.6. The largest absolute Gasteiger partial charge is 0.422 e. The van der Waals surface area contributed by atoms with E-state index in [4.69, 9.17) is 30.5 Å². The van der Waals surface area contributed by atoms with Crippen molar-refractivity contribution in [3.8, 4) is 0 Å². The first kappa shape index (κ1) is 24.3. The molecule has 2 atom stereocenters. The number of carbonyl (C=O) groups is 2. The fourth-order valence-electron chi connectivity index (χ4n) is 3.87. The Balaban J connectivity index is 1.80. The minimum Gasteiger partial charge on any atom is -0.397 e. The molecule has 0 aliphatic carbocycles. The Hall–Kier alpha value is -1.32. The van der Waals surface area contributed by atoms with E-state index >= 15 is 0 Å². The Kier molecular flexibility index (Phi) is 9.04. The van der Waals surface area contributed by atoms with Gasteiger partial charge in [0.2, 0.25) is 0 Å². The number of nitrogens with zero attached hydrogens (tertiary/aromatic N) is 1. The summed E-state index contributed by atoms with van der Waals surface area (Å²) in [5.41, 5.74) is 1.13. The van der Waals surface area contributed by atoms with E-state index in [1.165, 1.54) is 0 Å². The molecule has 1 aromatic carbocycles. The lowest BCUT2D eigenvalue weighted by Crippen LogP contribution is -2.66. The van der Waals surface area contributed by atoms with Crippen LogP contribution < -0.4 is 0 Å². The second-order valence-corrected chi connectivity index (χ2v) is 9.32. The number of ether oxygens (including phenoxy) is 4. The topological polar surface area (TPSA) is 74.3 Å². The smallest absolute Gasteiger partial charge is 0.397 e. The molecule has 172 valence electrons. The first-order chi connectivity index (χ1) is 15.0. The lowest BCUT2D eigenvalue weighted by molar-refractivity contribution is -0.313. The van der Waals surface area contributed by atoms with Gasteiger partial charge in [0.15, 0.2) is 6.10 Å². The highest BCUT2D eigenvalue weighted by atomic mass is 35.5. The molecule has 0 bridgehead atoms. The summed E-state index contributed by atoms with van der Waals surface area (Å²) < 4.78 is 22.5. The summed E-state index contributed by atoms with van der Waals surface area (Å²) in [6.45, 7) is 4.12. The zero-order chi connectivity index (χ0) is 22.3. The van der Waals surface area contributed by atoms with Crippen LogP contribution in [0.4, 0.5) is 0 Å². The van der Waals surface area contributed by atoms with Crippen LogP contribution in [0.25, 0.3) is 0 Å². The molecular formula is C22H30ClNO6S. The molecule has 2 unspecified atom stereocenters. The lowest BCUT2D eigenvalue weighted by Gasteiger charge is -2.48. The second kappa shape index (κ2) is 11.5. The van der Waals surface area contributed by atoms with Gasteiger partial charge < -0.3 is 18.9 Å². The van der Waals surface area contributed by atoms with Crippen LogP contribution in [0.2, 0.25) is 5.02 Å². The molecule has 2 heterocycles. The molecule has 1 spiro atoms. The van der Waals surface area contributed by atoms with E-state index in [9.17, 15) is 9.59 Å². The highest BCUT2D eigenvalue weighted by Crippen LogP contribution is 2.42. The Morgan fingerprint density at radius 1 is 1.16 bits per heavy atom. The Morgan fingerprint density at radius 2 is 1.87 bits per heavy atom. The maximum Gasteiger partial charge on any atom is 0.422 e. The van der Waals surface area contributed by atoms with E-state index in [0.717, 1.165) is 37.0 Å². The van der Waals surface area contributed by atoms with Crippen LogP contribution in [0.5, 0.6) is 0 Å². The number of rotatable bonds is 11. The predicted octanol–water partition coefficient (Wildman–Crippen LogP) is 3.62. The monoisotopic (exact) mass is 471 g/mol. The molecule has 2 aliphatic heterocycles. The molecule has 2 fully saturated rings. The number of hydrogen-bond acceptors (Lipinski definition) is 8. The molecule has 3 rings (SSSR count). The molecule has 0 radical (unpaired) electrons. The number of piperidine rings is 1. The van der Waals surface area contributed by atoms with Gasteiger partial charge in [-0.05, 0) is 30.5 Å². The van der Waals surface area contributed by atoms with Gasteiger partial charge in [0.1, 0.15) is 0 Å². The quantitative estimate of drug-likeness (QED) is 0.275. The van der Waals surface area contributed by atoms with E-state index in [1.807, 2.05) is 29.2 Å². The minimum absolute atomic E-state index is 0.0336. The Morgan fingerprint density at radius 3 is 2.52 bits per heavy atom. The van der Waals surface area contributed by atoms with Crippen molar-refractivity contribution in [3.63, 3.8) is 0 Å². The number of carbonyl (C=O) groups excluding carboxylic acids is 2. The molecule has 0 N–H and O–H groups in total. The van der Waals surface area contributed by atoms with Crippen LogP contribution >= 0.6 is 23.4 Å². The van der Waals surface area contributed by atoms with Gasteiger partial charge in [0.25, 0.3) is 0 Å². The first-order valence-corrected chi connectivity index (χ1v) is 12.1. The van der Waals surface area contributed by atoms with E-state index in [2.05, 4.69) is 6.92 Å². The van der Waals surface area contributed by atoms with Crippen molar-refractivity contribution in [1.29, 1.82) is 0 Å². The number of benzene rings is 1. The van der Waals surface area contributed by atoms with Crippen LogP contribution in [0.15, 0.2) is 24.3 Å². The van der Waals surface area contributed by atoms with Crippen LogP contribution in [0, 0.1) is 0 Å². The van der Waals surface area contributed by atoms with Gasteiger partial charge in [-0.2, -0.15) is 11.8 Å². The third-order valence-electron chi connectivity index (χ3n) is 5.46. The molecule has 7 nitrogen and oxygen atoms in total. The van der Waals surface area contributed by atoms with Gasteiger partial charge in [0.05, 0.1) is 13.2 Å². The van der Waals surface area contributed by atoms with Crippen molar-refractivity contribution in [1.82, 2.24) is 4.90 Å². The van der Waals surface area contributed by atoms with Crippen LogP contribution in [0.1, 0.15) is 38.2 Å². The Bertz CT molecular complexity index is 730. The summed E-state index contributed by atoms with van der Waals surface area (Å²) in [6, 6.07) is 7.70. The highest BCUT2D eigenvalue weighted by molar-refractivity contribution is 7.99. The van der Waals surface area contributed by atoms with Crippen molar-refractivity contribution in [2.45, 2.75) is 55.6 Å². The normalized spacial score (nSPS) is 23.2. The fourth-order valence-corrected chi connectivity index (χ4v) is 5.29. The molecule has 2 saturated heterocycles. The maximum atomic E-state index is 12.1. The average molecular weight is 472 g/mol. The summed E-state index contributed by atoms with van der Waals surface area (Å²) >= 11 is 7.69. The molecule has 9 heteroatoms. The van der Waals surface area contributed by atoms with E-state index in [1.54, 1.807) is 18.9 Å². The van der Waals surface area contributed by atoms with Crippen molar-refractivity contribution in [2.75, 3.05) is 33.4 Å². The standard InChI is InChI=1S/C22H30ClNO6S/c1-3-4-5-11-24-12-10-18(31-15-16-6-8-17(23)9-7-16)19(28-14-13-27-2)22(24)29-20(25)21(26)30-22/h6-9,18-19H,3-5,10-15H2,1-2H3. The number of esters is 2. The van der Waals surface area contributed by atoms with Crippen LogP contribution in [0.3, 0.4) is 0 Å². The van der Waals surface area contributed by atoms with Gasteiger partial charge in [0, 0.05) is 36.2 Å². The SMILES string of the molecule is CCCCCN1CCC(SCc2ccc(Cl)cc2)C(OCCOC)C12OC(=O)C(=O)O2. The first-order valence-electron chi connectivity index (χ1n) is 10.7. The molecule has 0 aromatic heterocycles. The van der Waals surface area contributed by atoms with Gasteiger partial charge in [-0.1, -0.05) is 43.5 Å². The van der Waals surface area contributed by atoms with Crippen molar-refractivity contribution in [2.24, 2.45) is 0 Å². The summed E-state index contributed by atoms with van der Waals surface area (Å²) in [6.07, 6.45) is 3.22. The zero-order valence-electron chi connectivity index (χ0n) is 18.0. The number of hydrogen-bond donors (Lipinski definition) is 0. The molecular weight excluding hydrogens is 442 g/mol. The van der Waals surface area contributed by atoms with E-state index in [-0.39, 0.29) is 5.25 Å². The maximum absolute atomic E-state index is 12.1. The number of halogens is 1. The highest BCUT2D eigenvalue weighted by Gasteiger charge is 2.63. The van der Waals surface area contributed by atoms with Crippen LogP contribution in [-0.4, -0.2) is 67.5 Å². The van der Waals surface area contributed by atoms with E-state index < -0.39 is 24.0 Å². The molecule has 0 amide bonds. The van der Waals surface area contributed by atoms with Crippen molar-refractivity contribution >= 4 is 35.3 Å². The molecule has 0 saturated carbocycles. The second-order valence-electron chi connectivity index (χ2n) is 7.65. The van der Waals surface area contributed by atoms with Crippen molar-refractivity contribution < 1.29 is 28.5 Å². The molecule has 2 aliphatic rings. The number of methoxy groups -OCH3 is 1. The third kappa shape index (κ3) is 5.93. The number of likely N-dealkylation sites (tertiary alicyclic amines) is 1. The van der Waals surface area contributed by atoms with E-state index in [0.29, 0.717) is 31.3 Å². The molecule has 1 aromatic rings. The minimum atomic E-state index is -1.52. The summed E-state index contributed by atoms with van der Waals surface area (Å²) in [5, 5.41) is 0.660. The average Bonchev–Trinajstić information content (AvgIpc) is 3.05. The fraction of sp³-hybridized carbons (Fsp3) is 0.636.